The Morgan fingerprint density at radius 1 is 1.07 bits per heavy atom. The summed E-state index contributed by atoms with van der Waals surface area (Å²) in [5.41, 5.74) is 2.84. The van der Waals surface area contributed by atoms with Gasteiger partial charge in [0.2, 0.25) is 4.80 Å². The predicted octanol–water partition coefficient (Wildman–Crippen LogP) is 5.15. The van der Waals surface area contributed by atoms with Crippen LogP contribution in [0.4, 0.5) is 0 Å². The summed E-state index contributed by atoms with van der Waals surface area (Å²) in [4.78, 5) is 6.79. The SMILES string of the molecule is COc1ccc(OC)c(-c2csc(=NC(C)C)n2N=Cc2ccc(SC)cc2)c1. The molecular weight excluding hydrogens is 402 g/mol. The number of benzene rings is 2. The topological polar surface area (TPSA) is 48.1 Å². The maximum Gasteiger partial charge on any atom is 0.206 e. The zero-order chi connectivity index (χ0) is 20.8. The Morgan fingerprint density at radius 2 is 1.83 bits per heavy atom. The first-order chi connectivity index (χ1) is 14.0. The molecule has 0 saturated carbocycles. The summed E-state index contributed by atoms with van der Waals surface area (Å²) in [6, 6.07) is 14.2. The molecule has 0 aliphatic carbocycles. The summed E-state index contributed by atoms with van der Waals surface area (Å²) in [7, 11) is 3.32. The van der Waals surface area contributed by atoms with E-state index in [2.05, 4.69) is 44.4 Å². The van der Waals surface area contributed by atoms with Crippen LogP contribution in [-0.4, -0.2) is 37.4 Å². The van der Waals surface area contributed by atoms with E-state index in [-0.39, 0.29) is 6.04 Å². The predicted molar refractivity (Wildman–Crippen MR) is 123 cm³/mol. The second-order valence-corrected chi connectivity index (χ2v) is 8.24. The van der Waals surface area contributed by atoms with Gasteiger partial charge in [0.1, 0.15) is 11.5 Å². The van der Waals surface area contributed by atoms with Gasteiger partial charge in [-0.05, 0) is 56.0 Å². The van der Waals surface area contributed by atoms with Crippen LogP contribution in [0.1, 0.15) is 19.4 Å². The van der Waals surface area contributed by atoms with Crippen LogP contribution in [-0.2, 0) is 0 Å². The minimum Gasteiger partial charge on any atom is -0.497 e. The van der Waals surface area contributed by atoms with E-state index in [0.29, 0.717) is 0 Å². The lowest BCUT2D eigenvalue weighted by atomic mass is 10.1. The second-order valence-electron chi connectivity index (χ2n) is 6.52. The van der Waals surface area contributed by atoms with Crippen molar-refractivity contribution < 1.29 is 9.47 Å². The van der Waals surface area contributed by atoms with Crippen molar-refractivity contribution in [3.63, 3.8) is 0 Å². The third-order valence-corrected chi connectivity index (χ3v) is 5.75. The zero-order valence-corrected chi connectivity index (χ0v) is 18.9. The lowest BCUT2D eigenvalue weighted by Gasteiger charge is -2.11. The Kier molecular flexibility index (Phi) is 7.17. The van der Waals surface area contributed by atoms with Crippen molar-refractivity contribution in [3.05, 3.63) is 58.2 Å². The van der Waals surface area contributed by atoms with E-state index in [9.17, 15) is 0 Å². The molecule has 0 amide bonds. The minimum atomic E-state index is 0.163. The van der Waals surface area contributed by atoms with Crippen LogP contribution in [0.15, 0.2) is 62.8 Å². The van der Waals surface area contributed by atoms with Crippen molar-refractivity contribution in [2.24, 2.45) is 10.1 Å². The molecule has 3 aromatic rings. The van der Waals surface area contributed by atoms with E-state index in [0.717, 1.165) is 33.1 Å². The molecular formula is C22H25N3O2S2. The summed E-state index contributed by atoms with van der Waals surface area (Å²) < 4.78 is 12.9. The number of thiazole rings is 1. The number of methoxy groups -OCH3 is 2. The normalized spacial score (nSPS) is 12.1. The van der Waals surface area contributed by atoms with Gasteiger partial charge in [0.15, 0.2) is 0 Å². The van der Waals surface area contributed by atoms with E-state index in [4.69, 9.17) is 19.6 Å². The summed E-state index contributed by atoms with van der Waals surface area (Å²) in [6.07, 6.45) is 3.92. The van der Waals surface area contributed by atoms with E-state index in [1.807, 2.05) is 34.5 Å². The third kappa shape index (κ3) is 5.10. The van der Waals surface area contributed by atoms with Crippen LogP contribution in [0.5, 0.6) is 11.5 Å². The fourth-order valence-corrected chi connectivity index (χ4v) is 4.10. The Balaban J connectivity index is 2.12. The molecule has 0 aliphatic rings. The van der Waals surface area contributed by atoms with Crippen LogP contribution in [0.25, 0.3) is 11.3 Å². The molecule has 0 fully saturated rings. The van der Waals surface area contributed by atoms with Crippen LogP contribution < -0.4 is 14.3 Å². The molecule has 0 aliphatic heterocycles. The van der Waals surface area contributed by atoms with Crippen molar-refractivity contribution in [1.29, 1.82) is 0 Å². The number of hydrogen-bond acceptors (Lipinski definition) is 6. The number of nitrogens with zero attached hydrogens (tertiary/aromatic N) is 3. The number of thioether (sulfide) groups is 1. The maximum absolute atomic E-state index is 5.58. The van der Waals surface area contributed by atoms with Crippen LogP contribution in [0.3, 0.4) is 0 Å². The van der Waals surface area contributed by atoms with Crippen molar-refractivity contribution in [3.8, 4) is 22.8 Å². The molecule has 7 heteroatoms. The van der Waals surface area contributed by atoms with Gasteiger partial charge in [-0.15, -0.1) is 23.1 Å². The molecule has 0 N–H and O–H groups in total. The first-order valence-electron chi connectivity index (χ1n) is 9.21. The van der Waals surface area contributed by atoms with Gasteiger partial charge in [-0.3, -0.25) is 4.99 Å². The van der Waals surface area contributed by atoms with Gasteiger partial charge in [0.05, 0.1) is 26.1 Å². The lowest BCUT2D eigenvalue weighted by molar-refractivity contribution is 0.404. The van der Waals surface area contributed by atoms with Gasteiger partial charge in [-0.25, -0.2) is 4.68 Å². The quantitative estimate of drug-likeness (QED) is 0.387. The Hall–Kier alpha value is -2.51. The van der Waals surface area contributed by atoms with E-state index >= 15 is 0 Å². The molecule has 2 aromatic carbocycles. The maximum atomic E-state index is 5.58. The average Bonchev–Trinajstić information content (AvgIpc) is 3.13. The Labute approximate surface area is 179 Å². The van der Waals surface area contributed by atoms with E-state index in [1.165, 1.54) is 4.90 Å². The molecule has 152 valence electrons. The van der Waals surface area contributed by atoms with Gasteiger partial charge >= 0.3 is 0 Å². The lowest BCUT2D eigenvalue weighted by Crippen LogP contribution is -2.14. The number of aromatic nitrogens is 1. The van der Waals surface area contributed by atoms with Crippen molar-refractivity contribution >= 4 is 29.3 Å². The number of hydrogen-bond donors (Lipinski definition) is 0. The number of rotatable bonds is 7. The van der Waals surface area contributed by atoms with Gasteiger partial charge in [-0.2, -0.15) is 5.10 Å². The van der Waals surface area contributed by atoms with E-state index < -0.39 is 0 Å². The highest BCUT2D eigenvalue weighted by atomic mass is 32.2. The third-order valence-electron chi connectivity index (χ3n) is 4.17. The number of ether oxygens (including phenoxy) is 2. The van der Waals surface area contributed by atoms with Gasteiger partial charge in [0.25, 0.3) is 0 Å². The standard InChI is InChI=1S/C22H25N3O2S2/c1-15(2)24-22-25(23-13-16-6-9-18(28-5)10-7-16)20(14-29-22)19-12-17(26-3)8-11-21(19)27-4/h6-15H,1-5H3. The highest BCUT2D eigenvalue weighted by Gasteiger charge is 2.14. The van der Waals surface area contributed by atoms with E-state index in [1.54, 1.807) is 37.3 Å². The molecule has 29 heavy (non-hydrogen) atoms. The van der Waals surface area contributed by atoms with Crippen molar-refractivity contribution in [2.45, 2.75) is 24.8 Å². The fourth-order valence-electron chi connectivity index (χ4n) is 2.74. The van der Waals surface area contributed by atoms with Gasteiger partial charge in [-0.1, -0.05) is 12.1 Å². The average molecular weight is 428 g/mol. The molecule has 0 saturated heterocycles. The highest BCUT2D eigenvalue weighted by Crippen LogP contribution is 2.33. The molecule has 1 heterocycles. The largest absolute Gasteiger partial charge is 0.497 e. The molecule has 0 unspecified atom stereocenters. The second kappa shape index (κ2) is 9.80. The van der Waals surface area contributed by atoms with Crippen LogP contribution in [0.2, 0.25) is 0 Å². The monoisotopic (exact) mass is 427 g/mol. The molecule has 5 nitrogen and oxygen atoms in total. The Morgan fingerprint density at radius 3 is 2.45 bits per heavy atom. The van der Waals surface area contributed by atoms with Crippen LogP contribution >= 0.6 is 23.1 Å². The van der Waals surface area contributed by atoms with Gasteiger partial charge < -0.3 is 9.47 Å². The summed E-state index contributed by atoms with van der Waals surface area (Å²) in [5.74, 6) is 1.52. The van der Waals surface area contributed by atoms with Crippen LogP contribution in [0, 0.1) is 0 Å². The first kappa shape index (κ1) is 21.2. The van der Waals surface area contributed by atoms with Crippen molar-refractivity contribution in [2.75, 3.05) is 20.5 Å². The molecule has 0 spiro atoms. The summed E-state index contributed by atoms with van der Waals surface area (Å²) in [6.45, 7) is 4.11. The smallest absolute Gasteiger partial charge is 0.206 e. The molecule has 0 radical (unpaired) electrons. The zero-order valence-electron chi connectivity index (χ0n) is 17.2. The molecule has 0 bridgehead atoms. The van der Waals surface area contributed by atoms with Gasteiger partial charge in [0, 0.05) is 21.9 Å². The molecule has 0 atom stereocenters. The summed E-state index contributed by atoms with van der Waals surface area (Å²) >= 11 is 3.28. The first-order valence-corrected chi connectivity index (χ1v) is 11.3. The molecule has 3 rings (SSSR count). The highest BCUT2D eigenvalue weighted by molar-refractivity contribution is 7.98. The fraction of sp³-hybridized carbons (Fsp3) is 0.273. The summed E-state index contributed by atoms with van der Waals surface area (Å²) in [5, 5.41) is 6.81. The molecule has 1 aromatic heterocycles. The Bertz CT molecular complexity index is 1050. The minimum absolute atomic E-state index is 0.163. The van der Waals surface area contributed by atoms with Crippen molar-refractivity contribution in [1.82, 2.24) is 4.68 Å².